The molecule has 0 spiro atoms. The average Bonchev–Trinajstić information content (AvgIpc) is 2.56. The lowest BCUT2D eigenvalue weighted by atomic mass is 10.2. The van der Waals surface area contributed by atoms with E-state index < -0.39 is 6.29 Å². The fourth-order valence-electron chi connectivity index (χ4n) is 2.21. The van der Waals surface area contributed by atoms with Crippen LogP contribution in [0.2, 0.25) is 0 Å². The molecule has 2 rings (SSSR count). The molecule has 0 fully saturated rings. The van der Waals surface area contributed by atoms with Crippen molar-refractivity contribution in [2.75, 3.05) is 0 Å². The summed E-state index contributed by atoms with van der Waals surface area (Å²) in [7, 11) is 0. The maximum Gasteiger partial charge on any atom is 0.197 e. The van der Waals surface area contributed by atoms with Gasteiger partial charge in [-0.3, -0.25) is 0 Å². The van der Waals surface area contributed by atoms with Crippen molar-refractivity contribution in [2.45, 2.75) is 45.8 Å². The van der Waals surface area contributed by atoms with E-state index in [4.69, 9.17) is 4.74 Å². The Labute approximate surface area is 137 Å². The molecule has 0 aromatic heterocycles. The standard InChI is InChI=1S/C19H24N2O2/c1-3-4-6-11-19(22)23-18-13-12-17(14-15(18)2)21-20-16-9-7-5-8-10-16/h5,7-10,12-14,19,22H,3-4,6,11H2,1-2H3/b21-20+. The number of unbranched alkanes of at least 4 members (excludes halogenated alkanes) is 2. The second-order valence-electron chi connectivity index (χ2n) is 5.55. The molecule has 4 nitrogen and oxygen atoms in total. The Kier molecular flexibility index (Phi) is 6.76. The van der Waals surface area contributed by atoms with Gasteiger partial charge in [0.2, 0.25) is 0 Å². The third-order valence-corrected chi connectivity index (χ3v) is 3.51. The van der Waals surface area contributed by atoms with Crippen LogP contribution in [-0.2, 0) is 0 Å². The second kappa shape index (κ2) is 9.06. The smallest absolute Gasteiger partial charge is 0.197 e. The molecule has 0 heterocycles. The zero-order valence-corrected chi connectivity index (χ0v) is 13.8. The first-order chi connectivity index (χ1) is 11.2. The van der Waals surface area contributed by atoms with Gasteiger partial charge in [-0.25, -0.2) is 0 Å². The van der Waals surface area contributed by atoms with Gasteiger partial charge >= 0.3 is 0 Å². The molecule has 0 saturated heterocycles. The van der Waals surface area contributed by atoms with Crippen molar-refractivity contribution in [3.8, 4) is 5.75 Å². The number of ether oxygens (including phenoxy) is 1. The Bertz CT molecular complexity index is 627. The van der Waals surface area contributed by atoms with E-state index in [1.807, 2.05) is 55.5 Å². The number of nitrogens with zero attached hydrogens (tertiary/aromatic N) is 2. The number of aliphatic hydroxyl groups excluding tert-OH is 1. The first-order valence-corrected chi connectivity index (χ1v) is 8.11. The minimum Gasteiger partial charge on any atom is -0.465 e. The van der Waals surface area contributed by atoms with Gasteiger partial charge in [0.15, 0.2) is 6.29 Å². The van der Waals surface area contributed by atoms with Gasteiger partial charge in [-0.15, -0.1) is 0 Å². The fraction of sp³-hybridized carbons (Fsp3) is 0.368. The highest BCUT2D eigenvalue weighted by atomic mass is 16.6. The van der Waals surface area contributed by atoms with Gasteiger partial charge in [0.05, 0.1) is 11.4 Å². The molecule has 23 heavy (non-hydrogen) atoms. The van der Waals surface area contributed by atoms with Crippen LogP contribution < -0.4 is 4.74 Å². The molecule has 122 valence electrons. The molecule has 0 aliphatic carbocycles. The molecule has 2 aromatic rings. The fourth-order valence-corrected chi connectivity index (χ4v) is 2.21. The molecule has 1 atom stereocenters. The Hall–Kier alpha value is -2.20. The van der Waals surface area contributed by atoms with E-state index in [-0.39, 0.29) is 0 Å². The number of azo groups is 1. The summed E-state index contributed by atoms with van der Waals surface area (Å²) in [5, 5.41) is 18.3. The van der Waals surface area contributed by atoms with Crippen molar-refractivity contribution < 1.29 is 9.84 Å². The highest BCUT2D eigenvalue weighted by Crippen LogP contribution is 2.26. The van der Waals surface area contributed by atoms with Gasteiger partial charge in [-0.1, -0.05) is 38.0 Å². The predicted molar refractivity (Wildman–Crippen MR) is 92.6 cm³/mol. The molecule has 1 unspecified atom stereocenters. The van der Waals surface area contributed by atoms with Crippen LogP contribution in [0.5, 0.6) is 5.75 Å². The molecule has 0 bridgehead atoms. The largest absolute Gasteiger partial charge is 0.465 e. The first-order valence-electron chi connectivity index (χ1n) is 8.11. The quantitative estimate of drug-likeness (QED) is 0.387. The second-order valence-corrected chi connectivity index (χ2v) is 5.55. The van der Waals surface area contributed by atoms with Crippen LogP contribution in [0.3, 0.4) is 0 Å². The van der Waals surface area contributed by atoms with E-state index in [2.05, 4.69) is 17.2 Å². The SMILES string of the molecule is CCCCCC(O)Oc1ccc(/N=N/c2ccccc2)cc1C. The van der Waals surface area contributed by atoms with Crippen LogP contribution in [-0.4, -0.2) is 11.4 Å². The summed E-state index contributed by atoms with van der Waals surface area (Å²) in [6.07, 6.45) is 3.12. The average molecular weight is 312 g/mol. The molecule has 0 radical (unpaired) electrons. The molecule has 2 aromatic carbocycles. The summed E-state index contributed by atoms with van der Waals surface area (Å²) in [4.78, 5) is 0. The summed E-state index contributed by atoms with van der Waals surface area (Å²) < 4.78 is 5.59. The highest BCUT2D eigenvalue weighted by molar-refractivity contribution is 5.47. The van der Waals surface area contributed by atoms with E-state index >= 15 is 0 Å². The Morgan fingerprint density at radius 2 is 1.74 bits per heavy atom. The van der Waals surface area contributed by atoms with E-state index in [1.165, 1.54) is 0 Å². The first kappa shape index (κ1) is 17.2. The summed E-state index contributed by atoms with van der Waals surface area (Å²) in [5.74, 6) is 0.688. The van der Waals surface area contributed by atoms with Crippen LogP contribution in [0.4, 0.5) is 11.4 Å². The normalized spacial score (nSPS) is 12.5. The molecule has 0 amide bonds. The van der Waals surface area contributed by atoms with Crippen LogP contribution >= 0.6 is 0 Å². The lowest BCUT2D eigenvalue weighted by Crippen LogP contribution is -2.15. The molecular formula is C19H24N2O2. The predicted octanol–water partition coefficient (Wildman–Crippen LogP) is 5.69. The van der Waals surface area contributed by atoms with Crippen molar-refractivity contribution in [3.05, 3.63) is 54.1 Å². The minimum absolute atomic E-state index is 0.656. The number of aliphatic hydroxyl groups is 1. The van der Waals surface area contributed by atoms with Crippen molar-refractivity contribution >= 4 is 11.4 Å². The van der Waals surface area contributed by atoms with Crippen molar-refractivity contribution in [1.82, 2.24) is 0 Å². The zero-order chi connectivity index (χ0) is 16.5. The van der Waals surface area contributed by atoms with Crippen LogP contribution in [0.25, 0.3) is 0 Å². The summed E-state index contributed by atoms with van der Waals surface area (Å²) >= 11 is 0. The van der Waals surface area contributed by atoms with E-state index in [1.54, 1.807) is 0 Å². The van der Waals surface area contributed by atoms with Gasteiger partial charge in [-0.05, 0) is 49.2 Å². The maximum atomic E-state index is 9.91. The van der Waals surface area contributed by atoms with E-state index in [9.17, 15) is 5.11 Å². The lowest BCUT2D eigenvalue weighted by molar-refractivity contribution is -0.0249. The maximum absolute atomic E-state index is 9.91. The number of hydrogen-bond donors (Lipinski definition) is 1. The van der Waals surface area contributed by atoms with Gasteiger partial charge in [0, 0.05) is 6.42 Å². The van der Waals surface area contributed by atoms with Crippen LogP contribution in [0.1, 0.15) is 38.2 Å². The van der Waals surface area contributed by atoms with Crippen molar-refractivity contribution in [2.24, 2.45) is 10.2 Å². The highest BCUT2D eigenvalue weighted by Gasteiger charge is 2.08. The number of benzene rings is 2. The summed E-state index contributed by atoms with van der Waals surface area (Å²) in [5.41, 5.74) is 2.51. The molecule has 0 aliphatic heterocycles. The monoisotopic (exact) mass is 312 g/mol. The minimum atomic E-state index is -0.753. The van der Waals surface area contributed by atoms with Crippen LogP contribution in [0.15, 0.2) is 58.8 Å². The van der Waals surface area contributed by atoms with E-state index in [0.717, 1.165) is 36.2 Å². The number of rotatable bonds is 8. The van der Waals surface area contributed by atoms with Gasteiger partial charge in [0.1, 0.15) is 5.75 Å². The molecular weight excluding hydrogens is 288 g/mol. The molecule has 0 saturated carbocycles. The molecule has 1 N–H and O–H groups in total. The Morgan fingerprint density at radius 3 is 2.43 bits per heavy atom. The summed E-state index contributed by atoms with van der Waals surface area (Å²) in [6.45, 7) is 4.08. The van der Waals surface area contributed by atoms with Gasteiger partial charge in [-0.2, -0.15) is 10.2 Å². The third kappa shape index (κ3) is 5.83. The topological polar surface area (TPSA) is 54.2 Å². The molecule has 0 aliphatic rings. The number of aryl methyl sites for hydroxylation is 1. The van der Waals surface area contributed by atoms with Crippen molar-refractivity contribution in [1.29, 1.82) is 0 Å². The summed E-state index contributed by atoms with van der Waals surface area (Å²) in [6, 6.07) is 15.2. The number of hydrogen-bond acceptors (Lipinski definition) is 4. The zero-order valence-electron chi connectivity index (χ0n) is 13.8. The third-order valence-electron chi connectivity index (χ3n) is 3.51. The van der Waals surface area contributed by atoms with E-state index in [0.29, 0.717) is 12.2 Å². The van der Waals surface area contributed by atoms with Gasteiger partial charge < -0.3 is 9.84 Å². The Balaban J connectivity index is 1.96. The van der Waals surface area contributed by atoms with Crippen LogP contribution in [0, 0.1) is 6.92 Å². The van der Waals surface area contributed by atoms with Gasteiger partial charge in [0.25, 0.3) is 0 Å². The lowest BCUT2D eigenvalue weighted by Gasteiger charge is -2.15. The molecule has 4 heteroatoms. The Morgan fingerprint density at radius 1 is 1.00 bits per heavy atom. The van der Waals surface area contributed by atoms with Crippen molar-refractivity contribution in [3.63, 3.8) is 0 Å².